The van der Waals surface area contributed by atoms with Gasteiger partial charge in [0, 0.05) is 6.42 Å². The maximum Gasteiger partial charge on any atom is 0.303 e. The van der Waals surface area contributed by atoms with Crippen LogP contribution in [0.2, 0.25) is 0 Å². The third-order valence-corrected chi connectivity index (χ3v) is 7.09. The molecule has 0 radical (unpaired) electrons. The Morgan fingerprint density at radius 2 is 2.13 bits per heavy atom. The van der Waals surface area contributed by atoms with Crippen LogP contribution in [0.25, 0.3) is 0 Å². The second kappa shape index (κ2) is 6.78. The number of carbonyl (C=O) groups is 2. The quantitative estimate of drug-likeness (QED) is 0.711. The predicted octanol–water partition coefficient (Wildman–Crippen LogP) is 4.86. The molecule has 0 aromatic carbocycles. The van der Waals surface area contributed by atoms with Gasteiger partial charge in [-0.1, -0.05) is 33.8 Å². The van der Waals surface area contributed by atoms with E-state index in [9.17, 15) is 9.59 Å². The molecule has 1 saturated carbocycles. The molecule has 1 fully saturated rings. The lowest BCUT2D eigenvalue weighted by atomic mass is 9.47. The largest absolute Gasteiger partial charge is 0.481 e. The minimum Gasteiger partial charge on any atom is -0.481 e. The van der Waals surface area contributed by atoms with Crippen molar-refractivity contribution in [2.24, 2.45) is 28.6 Å². The van der Waals surface area contributed by atoms with E-state index in [1.54, 1.807) is 0 Å². The van der Waals surface area contributed by atoms with E-state index in [1.165, 1.54) is 0 Å². The lowest BCUT2D eigenvalue weighted by molar-refractivity contribution is -0.138. The van der Waals surface area contributed by atoms with Crippen LogP contribution in [0, 0.1) is 28.6 Å². The zero-order chi connectivity index (χ0) is 17.3. The molecule has 0 aromatic rings. The summed E-state index contributed by atoms with van der Waals surface area (Å²) in [5.74, 6) is 0.673. The molecule has 2 aliphatic rings. The molecule has 0 heterocycles. The number of hydrogen-bond acceptors (Lipinski definition) is 2. The van der Waals surface area contributed by atoms with Crippen LogP contribution in [0.15, 0.2) is 11.6 Å². The summed E-state index contributed by atoms with van der Waals surface area (Å²) >= 11 is 0. The summed E-state index contributed by atoms with van der Waals surface area (Å²) in [4.78, 5) is 22.5. The molecule has 2 unspecified atom stereocenters. The van der Waals surface area contributed by atoms with E-state index in [0.29, 0.717) is 11.8 Å². The van der Waals surface area contributed by atoms with Crippen LogP contribution in [0.5, 0.6) is 0 Å². The molecule has 0 aromatic heterocycles. The van der Waals surface area contributed by atoms with Gasteiger partial charge in [-0.3, -0.25) is 9.59 Å². The summed E-state index contributed by atoms with van der Waals surface area (Å²) in [6.45, 7) is 9.06. The van der Waals surface area contributed by atoms with E-state index in [1.807, 2.05) is 6.92 Å². The molecule has 0 saturated heterocycles. The Morgan fingerprint density at radius 1 is 1.43 bits per heavy atom. The van der Waals surface area contributed by atoms with Crippen LogP contribution in [-0.4, -0.2) is 17.4 Å². The molecule has 1 N–H and O–H groups in total. The summed E-state index contributed by atoms with van der Waals surface area (Å²) in [5, 5.41) is 8.99. The monoisotopic (exact) mass is 320 g/mol. The van der Waals surface area contributed by atoms with Gasteiger partial charge in [-0.25, -0.2) is 0 Å². The van der Waals surface area contributed by atoms with Gasteiger partial charge in [-0.15, -0.1) is 0 Å². The molecule has 23 heavy (non-hydrogen) atoms. The van der Waals surface area contributed by atoms with Gasteiger partial charge < -0.3 is 5.11 Å². The summed E-state index contributed by atoms with van der Waals surface area (Å²) in [7, 11) is 0. The van der Waals surface area contributed by atoms with Crippen molar-refractivity contribution in [3.05, 3.63) is 11.6 Å². The summed E-state index contributed by atoms with van der Waals surface area (Å²) in [5.41, 5.74) is 1.21. The van der Waals surface area contributed by atoms with Gasteiger partial charge in [-0.2, -0.15) is 0 Å². The smallest absolute Gasteiger partial charge is 0.303 e. The van der Waals surface area contributed by atoms with Crippen molar-refractivity contribution < 1.29 is 14.7 Å². The van der Waals surface area contributed by atoms with Crippen LogP contribution in [0.4, 0.5) is 0 Å². The molecule has 0 aliphatic heterocycles. The van der Waals surface area contributed by atoms with Crippen LogP contribution < -0.4 is 0 Å². The fraction of sp³-hybridized carbons (Fsp3) is 0.800. The molecule has 3 heteroatoms. The minimum atomic E-state index is -0.701. The van der Waals surface area contributed by atoms with Gasteiger partial charge in [0.15, 0.2) is 0 Å². The number of hydrogen-bond donors (Lipinski definition) is 1. The fourth-order valence-electron chi connectivity index (χ4n) is 5.28. The maximum absolute atomic E-state index is 11.6. The highest BCUT2D eigenvalue weighted by atomic mass is 16.4. The zero-order valence-corrected chi connectivity index (χ0v) is 15.1. The first-order chi connectivity index (χ1) is 10.7. The first-order valence-electron chi connectivity index (χ1n) is 9.11. The van der Waals surface area contributed by atoms with Crippen LogP contribution in [-0.2, 0) is 9.59 Å². The molecule has 2 rings (SSSR count). The second-order valence-corrected chi connectivity index (χ2v) is 8.51. The van der Waals surface area contributed by atoms with E-state index < -0.39 is 5.97 Å². The molecule has 3 nitrogen and oxygen atoms in total. The zero-order valence-electron chi connectivity index (χ0n) is 15.1. The third-order valence-electron chi connectivity index (χ3n) is 7.09. The number of aldehydes is 1. The number of allylic oxidation sites excluding steroid dienone is 2. The van der Waals surface area contributed by atoms with Crippen molar-refractivity contribution in [2.75, 3.05) is 0 Å². The van der Waals surface area contributed by atoms with E-state index in [4.69, 9.17) is 5.11 Å². The lowest BCUT2D eigenvalue weighted by Crippen LogP contribution is -2.50. The molecule has 0 spiro atoms. The van der Waals surface area contributed by atoms with E-state index >= 15 is 0 Å². The molecule has 0 bridgehead atoms. The number of rotatable bonds is 6. The minimum absolute atomic E-state index is 0.0112. The van der Waals surface area contributed by atoms with Crippen LogP contribution >= 0.6 is 0 Å². The molecular weight excluding hydrogens is 288 g/mol. The van der Waals surface area contributed by atoms with Crippen molar-refractivity contribution in [3.8, 4) is 0 Å². The first kappa shape index (κ1) is 18.2. The fourth-order valence-corrected chi connectivity index (χ4v) is 5.28. The molecule has 2 aliphatic carbocycles. The van der Waals surface area contributed by atoms with Gasteiger partial charge in [-0.05, 0) is 72.7 Å². The SMILES string of the molecule is CC(CC[C@]1(C)C2CCC=C(C=O)[C@]2(C)CC[C@H]1C)CC(=O)O. The van der Waals surface area contributed by atoms with Gasteiger partial charge >= 0.3 is 5.97 Å². The van der Waals surface area contributed by atoms with Gasteiger partial charge in [0.1, 0.15) is 6.29 Å². The van der Waals surface area contributed by atoms with Crippen molar-refractivity contribution in [2.45, 2.75) is 72.6 Å². The van der Waals surface area contributed by atoms with Crippen LogP contribution in [0.1, 0.15) is 72.6 Å². The predicted molar refractivity (Wildman–Crippen MR) is 92.1 cm³/mol. The Hall–Kier alpha value is -1.12. The average Bonchev–Trinajstić information content (AvgIpc) is 2.48. The molecule has 5 atom stereocenters. The summed E-state index contributed by atoms with van der Waals surface area (Å²) in [6.07, 6.45) is 9.91. The summed E-state index contributed by atoms with van der Waals surface area (Å²) < 4.78 is 0. The Bertz CT molecular complexity index is 495. The van der Waals surface area contributed by atoms with Crippen molar-refractivity contribution in [1.82, 2.24) is 0 Å². The van der Waals surface area contributed by atoms with Crippen molar-refractivity contribution in [3.63, 3.8) is 0 Å². The Balaban J connectivity index is 2.19. The number of carbonyl (C=O) groups excluding carboxylic acids is 1. The molecular formula is C20H32O3. The Morgan fingerprint density at radius 3 is 2.74 bits per heavy atom. The molecule has 130 valence electrons. The van der Waals surface area contributed by atoms with Gasteiger partial charge in [0.05, 0.1) is 0 Å². The third kappa shape index (κ3) is 3.39. The number of carboxylic acid groups (broad SMARTS) is 1. The summed E-state index contributed by atoms with van der Waals surface area (Å²) in [6, 6.07) is 0. The maximum atomic E-state index is 11.6. The highest BCUT2D eigenvalue weighted by Gasteiger charge is 2.53. The highest BCUT2D eigenvalue weighted by molar-refractivity contribution is 5.76. The number of fused-ring (bicyclic) bond motifs is 1. The second-order valence-electron chi connectivity index (χ2n) is 8.51. The standard InChI is InChI=1S/C20H32O3/c1-14(12-18(22)23)8-10-19(3)15(2)9-11-20(4)16(13-21)6-5-7-17(19)20/h6,13-15,17H,5,7-12H2,1-4H3,(H,22,23)/t14?,15-,17?,19+,20+/m1/s1. The van der Waals surface area contributed by atoms with Crippen molar-refractivity contribution in [1.29, 1.82) is 0 Å². The molecule has 0 amide bonds. The lowest BCUT2D eigenvalue weighted by Gasteiger charge is -2.57. The first-order valence-corrected chi connectivity index (χ1v) is 9.11. The van der Waals surface area contributed by atoms with E-state index in [-0.39, 0.29) is 23.2 Å². The van der Waals surface area contributed by atoms with Crippen LogP contribution in [0.3, 0.4) is 0 Å². The Kier molecular flexibility index (Phi) is 5.37. The highest BCUT2D eigenvalue weighted by Crippen LogP contribution is 2.61. The average molecular weight is 320 g/mol. The topological polar surface area (TPSA) is 54.4 Å². The number of aliphatic carboxylic acids is 1. The van der Waals surface area contributed by atoms with E-state index in [2.05, 4.69) is 26.8 Å². The normalized spacial score (nSPS) is 38.3. The van der Waals surface area contributed by atoms with Crippen molar-refractivity contribution >= 4 is 12.3 Å². The number of carboxylic acids is 1. The van der Waals surface area contributed by atoms with E-state index in [0.717, 1.165) is 50.4 Å². The van der Waals surface area contributed by atoms with Gasteiger partial charge in [0.2, 0.25) is 0 Å². The van der Waals surface area contributed by atoms with Gasteiger partial charge in [0.25, 0.3) is 0 Å². The Labute approximate surface area is 140 Å².